The van der Waals surface area contributed by atoms with Gasteiger partial charge >= 0.3 is 0 Å². The van der Waals surface area contributed by atoms with Crippen molar-refractivity contribution in [1.82, 2.24) is 10.3 Å². The van der Waals surface area contributed by atoms with Gasteiger partial charge in [0.05, 0.1) is 12.4 Å². The molecular formula is C19H16N2O4S. The number of nitrogens with zero attached hydrogens (tertiary/aromatic N) is 1. The monoisotopic (exact) mass is 368 g/mol. The SMILES string of the molecule is COc1cccc(Cc2nc3cc(CC4SC(=O)NC4=O)ccc3o2)c1. The number of aromatic nitrogens is 1. The van der Waals surface area contributed by atoms with Crippen LogP contribution in [-0.2, 0) is 17.6 Å². The molecule has 2 heterocycles. The highest BCUT2D eigenvalue weighted by Gasteiger charge is 2.31. The first-order valence-electron chi connectivity index (χ1n) is 8.13. The summed E-state index contributed by atoms with van der Waals surface area (Å²) in [6.45, 7) is 0. The van der Waals surface area contributed by atoms with Crippen LogP contribution in [0.5, 0.6) is 5.75 Å². The molecule has 0 bridgehead atoms. The molecular weight excluding hydrogens is 352 g/mol. The highest BCUT2D eigenvalue weighted by atomic mass is 32.2. The van der Waals surface area contributed by atoms with E-state index >= 15 is 0 Å². The average Bonchev–Trinajstić information content (AvgIpc) is 3.16. The van der Waals surface area contributed by atoms with E-state index in [-0.39, 0.29) is 16.4 Å². The molecule has 1 N–H and O–H groups in total. The topological polar surface area (TPSA) is 81.4 Å². The van der Waals surface area contributed by atoms with Gasteiger partial charge in [0.1, 0.15) is 11.3 Å². The van der Waals surface area contributed by atoms with Gasteiger partial charge in [0.25, 0.3) is 5.24 Å². The van der Waals surface area contributed by atoms with Crippen LogP contribution < -0.4 is 10.1 Å². The minimum Gasteiger partial charge on any atom is -0.497 e. The summed E-state index contributed by atoms with van der Waals surface area (Å²) in [7, 11) is 1.64. The summed E-state index contributed by atoms with van der Waals surface area (Å²) in [6.07, 6.45) is 1.05. The highest BCUT2D eigenvalue weighted by molar-refractivity contribution is 8.15. The fourth-order valence-electron chi connectivity index (χ4n) is 2.92. The molecule has 1 aliphatic rings. The standard InChI is InChI=1S/C19H16N2O4S/c1-24-13-4-2-3-11(7-13)10-17-20-14-8-12(5-6-15(14)25-17)9-16-18(22)21-19(23)26-16/h2-8,16H,9-10H2,1H3,(H,21,22,23). The molecule has 3 aromatic rings. The molecule has 1 saturated heterocycles. The van der Waals surface area contributed by atoms with Crippen molar-refractivity contribution >= 4 is 34.0 Å². The van der Waals surface area contributed by atoms with Crippen LogP contribution in [0.3, 0.4) is 0 Å². The summed E-state index contributed by atoms with van der Waals surface area (Å²) < 4.78 is 11.1. The number of ether oxygens (including phenoxy) is 1. The molecule has 132 valence electrons. The fourth-order valence-corrected chi connectivity index (χ4v) is 3.78. The first-order valence-corrected chi connectivity index (χ1v) is 9.01. The predicted octanol–water partition coefficient (Wildman–Crippen LogP) is 3.32. The Kier molecular flexibility index (Phi) is 4.38. The molecule has 4 rings (SSSR count). The van der Waals surface area contributed by atoms with Crippen molar-refractivity contribution < 1.29 is 18.7 Å². The second kappa shape index (κ2) is 6.84. The number of carbonyl (C=O) groups excluding carboxylic acids is 2. The lowest BCUT2D eigenvalue weighted by molar-refractivity contribution is -0.118. The van der Waals surface area contributed by atoms with Gasteiger partial charge < -0.3 is 9.15 Å². The van der Waals surface area contributed by atoms with E-state index in [1.807, 2.05) is 42.5 Å². The molecule has 0 radical (unpaired) electrons. The van der Waals surface area contributed by atoms with E-state index in [4.69, 9.17) is 9.15 Å². The lowest BCUT2D eigenvalue weighted by Crippen LogP contribution is -2.25. The Morgan fingerprint density at radius 1 is 1.19 bits per heavy atom. The minimum atomic E-state index is -0.386. The Bertz CT molecular complexity index is 998. The van der Waals surface area contributed by atoms with Crippen LogP contribution in [0, 0.1) is 0 Å². The molecule has 2 aromatic carbocycles. The van der Waals surface area contributed by atoms with Gasteiger partial charge in [-0.05, 0) is 41.8 Å². The first kappa shape index (κ1) is 16.7. The van der Waals surface area contributed by atoms with Gasteiger partial charge in [-0.3, -0.25) is 14.9 Å². The van der Waals surface area contributed by atoms with Crippen molar-refractivity contribution in [3.63, 3.8) is 0 Å². The van der Waals surface area contributed by atoms with Crippen molar-refractivity contribution in [3.8, 4) is 5.75 Å². The largest absolute Gasteiger partial charge is 0.497 e. The smallest absolute Gasteiger partial charge is 0.286 e. The Balaban J connectivity index is 1.54. The lowest BCUT2D eigenvalue weighted by Gasteiger charge is -2.04. The number of benzene rings is 2. The molecule has 0 aliphatic carbocycles. The van der Waals surface area contributed by atoms with Crippen LogP contribution in [0.4, 0.5) is 4.79 Å². The first-order chi connectivity index (χ1) is 12.6. The second-order valence-corrected chi connectivity index (χ2v) is 7.20. The zero-order chi connectivity index (χ0) is 18.1. The molecule has 1 unspecified atom stereocenters. The molecule has 0 saturated carbocycles. The molecule has 1 atom stereocenters. The molecule has 2 amide bonds. The molecule has 26 heavy (non-hydrogen) atoms. The summed E-state index contributed by atoms with van der Waals surface area (Å²) >= 11 is 1.03. The Labute approximate surface area is 153 Å². The molecule has 1 aromatic heterocycles. The van der Waals surface area contributed by atoms with Gasteiger partial charge in [-0.2, -0.15) is 0 Å². The maximum atomic E-state index is 11.7. The minimum absolute atomic E-state index is 0.237. The van der Waals surface area contributed by atoms with Gasteiger partial charge in [-0.15, -0.1) is 0 Å². The molecule has 7 heteroatoms. The quantitative estimate of drug-likeness (QED) is 0.744. The highest BCUT2D eigenvalue weighted by Crippen LogP contribution is 2.25. The summed E-state index contributed by atoms with van der Waals surface area (Å²) in [5, 5.41) is 1.63. The zero-order valence-corrected chi connectivity index (χ0v) is 14.8. The van der Waals surface area contributed by atoms with Crippen molar-refractivity contribution in [2.24, 2.45) is 0 Å². The molecule has 1 fully saturated rings. The van der Waals surface area contributed by atoms with Crippen LogP contribution in [0.15, 0.2) is 46.9 Å². The number of methoxy groups -OCH3 is 1. The number of thioether (sulfide) groups is 1. The Hall–Kier alpha value is -2.80. The van der Waals surface area contributed by atoms with Crippen LogP contribution in [0.2, 0.25) is 0 Å². The second-order valence-electron chi connectivity index (χ2n) is 6.03. The van der Waals surface area contributed by atoms with Crippen molar-refractivity contribution in [2.45, 2.75) is 18.1 Å². The van der Waals surface area contributed by atoms with Crippen LogP contribution >= 0.6 is 11.8 Å². The van der Waals surface area contributed by atoms with Crippen LogP contribution in [0.25, 0.3) is 11.1 Å². The summed E-state index contributed by atoms with van der Waals surface area (Å²) in [5.41, 5.74) is 3.44. The van der Waals surface area contributed by atoms with Crippen LogP contribution in [-0.4, -0.2) is 28.5 Å². The van der Waals surface area contributed by atoms with E-state index in [0.29, 0.717) is 24.3 Å². The van der Waals surface area contributed by atoms with Crippen molar-refractivity contribution in [3.05, 3.63) is 59.5 Å². The fraction of sp³-hybridized carbons (Fsp3) is 0.211. The predicted molar refractivity (Wildman–Crippen MR) is 98.4 cm³/mol. The summed E-state index contributed by atoms with van der Waals surface area (Å²) in [4.78, 5) is 27.5. The maximum absolute atomic E-state index is 11.7. The zero-order valence-electron chi connectivity index (χ0n) is 14.0. The van der Waals surface area contributed by atoms with Gasteiger partial charge in [-0.1, -0.05) is 30.0 Å². The number of nitrogens with one attached hydrogen (secondary N) is 1. The lowest BCUT2D eigenvalue weighted by atomic mass is 10.1. The Morgan fingerprint density at radius 3 is 2.85 bits per heavy atom. The summed E-state index contributed by atoms with van der Waals surface area (Å²) in [6, 6.07) is 13.4. The number of hydrogen-bond donors (Lipinski definition) is 1. The van der Waals surface area contributed by atoms with E-state index in [2.05, 4.69) is 10.3 Å². The van der Waals surface area contributed by atoms with E-state index in [0.717, 1.165) is 34.2 Å². The van der Waals surface area contributed by atoms with Gasteiger partial charge in [0, 0.05) is 6.42 Å². The van der Waals surface area contributed by atoms with Crippen molar-refractivity contribution in [1.29, 1.82) is 0 Å². The van der Waals surface area contributed by atoms with Crippen LogP contribution in [0.1, 0.15) is 17.0 Å². The third kappa shape index (κ3) is 3.43. The molecule has 0 spiro atoms. The van der Waals surface area contributed by atoms with Gasteiger partial charge in [0.15, 0.2) is 11.5 Å². The number of imide groups is 1. The van der Waals surface area contributed by atoms with E-state index in [1.165, 1.54) is 0 Å². The number of carbonyl (C=O) groups is 2. The number of rotatable bonds is 5. The van der Waals surface area contributed by atoms with Gasteiger partial charge in [0.2, 0.25) is 5.91 Å². The van der Waals surface area contributed by atoms with E-state index < -0.39 is 0 Å². The Morgan fingerprint density at radius 2 is 2.08 bits per heavy atom. The molecule has 1 aliphatic heterocycles. The third-order valence-corrected chi connectivity index (χ3v) is 5.16. The summed E-state index contributed by atoms with van der Waals surface area (Å²) in [5.74, 6) is 1.18. The number of fused-ring (bicyclic) bond motifs is 1. The third-order valence-electron chi connectivity index (χ3n) is 4.17. The van der Waals surface area contributed by atoms with E-state index in [1.54, 1.807) is 7.11 Å². The van der Waals surface area contributed by atoms with Gasteiger partial charge in [-0.25, -0.2) is 4.98 Å². The van der Waals surface area contributed by atoms with E-state index in [9.17, 15) is 9.59 Å². The average molecular weight is 368 g/mol. The van der Waals surface area contributed by atoms with Crippen molar-refractivity contribution in [2.75, 3.05) is 7.11 Å². The number of amides is 2. The normalized spacial score (nSPS) is 16.9. The number of hydrogen-bond acceptors (Lipinski definition) is 6. The number of oxazole rings is 1. The maximum Gasteiger partial charge on any atom is 0.286 e. The molecule has 6 nitrogen and oxygen atoms in total.